The third-order valence-electron chi connectivity index (χ3n) is 2.76. The van der Waals surface area contributed by atoms with Crippen LogP contribution in [0, 0.1) is 0 Å². The molecule has 0 aliphatic carbocycles. The van der Waals surface area contributed by atoms with Gasteiger partial charge in [0, 0.05) is 13.1 Å². The van der Waals surface area contributed by atoms with Gasteiger partial charge in [0.1, 0.15) is 17.2 Å². The van der Waals surface area contributed by atoms with Crippen molar-refractivity contribution in [3.63, 3.8) is 0 Å². The molecule has 0 aliphatic rings. The van der Waals surface area contributed by atoms with E-state index in [1.807, 2.05) is 36.6 Å². The molecule has 21 heavy (non-hydrogen) atoms. The zero-order chi connectivity index (χ0) is 15.7. The Morgan fingerprint density at radius 1 is 1.19 bits per heavy atom. The van der Waals surface area contributed by atoms with E-state index in [4.69, 9.17) is 14.5 Å². The van der Waals surface area contributed by atoms with Crippen LogP contribution in [0.2, 0.25) is 0 Å². The standard InChI is InChI=1S/C16H22N2O2S/c1-6-11-18(12-7-2)16(21-5)17-15-13(19-3)9-8-10-14(15)20-4/h6-10H,1-2,11-12H2,3-5H3/b17-16-. The summed E-state index contributed by atoms with van der Waals surface area (Å²) in [6, 6.07) is 5.61. The third-order valence-corrected chi connectivity index (χ3v) is 3.48. The van der Waals surface area contributed by atoms with Crippen LogP contribution in [-0.2, 0) is 0 Å². The lowest BCUT2D eigenvalue weighted by Crippen LogP contribution is -2.28. The molecular weight excluding hydrogens is 284 g/mol. The largest absolute Gasteiger partial charge is 0.494 e. The highest BCUT2D eigenvalue weighted by molar-refractivity contribution is 8.13. The first-order valence-corrected chi connectivity index (χ1v) is 7.74. The number of ether oxygens (including phenoxy) is 2. The number of aliphatic imine (C=N–C) groups is 1. The quantitative estimate of drug-likeness (QED) is 0.437. The van der Waals surface area contributed by atoms with E-state index in [2.05, 4.69) is 18.1 Å². The van der Waals surface area contributed by atoms with Gasteiger partial charge in [0.15, 0.2) is 5.17 Å². The van der Waals surface area contributed by atoms with Gasteiger partial charge in [-0.2, -0.15) is 0 Å². The zero-order valence-electron chi connectivity index (χ0n) is 12.8. The fourth-order valence-electron chi connectivity index (χ4n) is 1.83. The van der Waals surface area contributed by atoms with Crippen molar-refractivity contribution in [3.05, 3.63) is 43.5 Å². The smallest absolute Gasteiger partial charge is 0.165 e. The highest BCUT2D eigenvalue weighted by Crippen LogP contribution is 2.37. The van der Waals surface area contributed by atoms with Gasteiger partial charge in [-0.1, -0.05) is 30.0 Å². The van der Waals surface area contributed by atoms with Gasteiger partial charge < -0.3 is 14.4 Å². The molecule has 1 aromatic carbocycles. The molecule has 5 heteroatoms. The summed E-state index contributed by atoms with van der Waals surface area (Å²) in [5, 5.41) is 0.859. The monoisotopic (exact) mass is 306 g/mol. The van der Waals surface area contributed by atoms with Gasteiger partial charge in [0.2, 0.25) is 0 Å². The van der Waals surface area contributed by atoms with Gasteiger partial charge in [-0.25, -0.2) is 4.99 Å². The van der Waals surface area contributed by atoms with Crippen LogP contribution < -0.4 is 9.47 Å². The number of hydrogen-bond donors (Lipinski definition) is 0. The SMILES string of the molecule is C=CCN(CC=C)/C(=N/c1c(OC)cccc1OC)SC. The number of methoxy groups -OCH3 is 2. The molecule has 1 aromatic rings. The van der Waals surface area contributed by atoms with Crippen LogP contribution in [0.3, 0.4) is 0 Å². The highest BCUT2D eigenvalue weighted by atomic mass is 32.2. The molecule has 0 fully saturated rings. The summed E-state index contributed by atoms with van der Waals surface area (Å²) in [6.45, 7) is 8.96. The van der Waals surface area contributed by atoms with Crippen LogP contribution in [-0.4, -0.2) is 43.6 Å². The van der Waals surface area contributed by atoms with E-state index in [9.17, 15) is 0 Å². The third kappa shape index (κ3) is 4.56. The number of para-hydroxylation sites is 1. The Hall–Kier alpha value is -1.88. The molecule has 0 saturated heterocycles. The number of nitrogens with zero attached hydrogens (tertiary/aromatic N) is 2. The van der Waals surface area contributed by atoms with Crippen molar-refractivity contribution < 1.29 is 9.47 Å². The fourth-order valence-corrected chi connectivity index (χ4v) is 2.42. The van der Waals surface area contributed by atoms with E-state index in [0.29, 0.717) is 30.3 Å². The minimum absolute atomic E-state index is 0.679. The van der Waals surface area contributed by atoms with Crippen molar-refractivity contribution in [2.45, 2.75) is 0 Å². The number of rotatable bonds is 7. The van der Waals surface area contributed by atoms with Crippen molar-refractivity contribution in [2.75, 3.05) is 33.6 Å². The molecule has 0 unspecified atom stereocenters. The van der Waals surface area contributed by atoms with Crippen LogP contribution in [0.1, 0.15) is 0 Å². The van der Waals surface area contributed by atoms with E-state index < -0.39 is 0 Å². The maximum Gasteiger partial charge on any atom is 0.165 e. The molecule has 0 spiro atoms. The fraction of sp³-hybridized carbons (Fsp3) is 0.312. The predicted molar refractivity (Wildman–Crippen MR) is 92.1 cm³/mol. The maximum absolute atomic E-state index is 5.38. The summed E-state index contributed by atoms with van der Waals surface area (Å²) in [4.78, 5) is 6.80. The molecule has 0 bridgehead atoms. The second kappa shape index (κ2) is 9.13. The topological polar surface area (TPSA) is 34.1 Å². The number of benzene rings is 1. The molecule has 0 radical (unpaired) electrons. The molecule has 0 aliphatic heterocycles. The first kappa shape index (κ1) is 17.2. The van der Waals surface area contributed by atoms with Gasteiger partial charge >= 0.3 is 0 Å². The van der Waals surface area contributed by atoms with Gasteiger partial charge in [-0.3, -0.25) is 0 Å². The van der Waals surface area contributed by atoms with Gasteiger partial charge in [0.05, 0.1) is 14.2 Å². The van der Waals surface area contributed by atoms with Gasteiger partial charge in [-0.05, 0) is 18.4 Å². The minimum atomic E-state index is 0.679. The van der Waals surface area contributed by atoms with E-state index in [1.54, 1.807) is 26.0 Å². The molecule has 0 atom stereocenters. The molecule has 114 valence electrons. The first-order valence-electron chi connectivity index (χ1n) is 6.52. The molecule has 0 heterocycles. The second-order valence-electron chi connectivity index (χ2n) is 4.09. The Morgan fingerprint density at radius 3 is 2.10 bits per heavy atom. The Labute approximate surface area is 131 Å². The molecule has 0 aromatic heterocycles. The Morgan fingerprint density at radius 2 is 1.71 bits per heavy atom. The maximum atomic E-state index is 5.38. The predicted octanol–water partition coefficient (Wildman–Crippen LogP) is 3.73. The summed E-state index contributed by atoms with van der Waals surface area (Å²) < 4.78 is 10.8. The molecule has 1 rings (SSSR count). The van der Waals surface area contributed by atoms with Gasteiger partial charge in [0.25, 0.3) is 0 Å². The molecule has 0 amide bonds. The number of amidine groups is 1. The Balaban J connectivity index is 3.28. The normalized spacial score (nSPS) is 10.9. The van der Waals surface area contributed by atoms with Crippen molar-refractivity contribution >= 4 is 22.6 Å². The lowest BCUT2D eigenvalue weighted by molar-refractivity contribution is 0.396. The van der Waals surface area contributed by atoms with Crippen LogP contribution in [0.5, 0.6) is 11.5 Å². The lowest BCUT2D eigenvalue weighted by Gasteiger charge is -2.22. The average Bonchev–Trinajstić information content (AvgIpc) is 2.52. The van der Waals surface area contributed by atoms with E-state index in [0.717, 1.165) is 5.17 Å². The van der Waals surface area contributed by atoms with E-state index >= 15 is 0 Å². The average molecular weight is 306 g/mol. The van der Waals surface area contributed by atoms with E-state index in [-0.39, 0.29) is 0 Å². The van der Waals surface area contributed by atoms with Crippen molar-refractivity contribution in [1.29, 1.82) is 0 Å². The zero-order valence-corrected chi connectivity index (χ0v) is 13.7. The Kier molecular flexibility index (Phi) is 7.46. The Bertz CT molecular complexity index is 483. The van der Waals surface area contributed by atoms with Crippen molar-refractivity contribution in [3.8, 4) is 11.5 Å². The summed E-state index contributed by atoms with van der Waals surface area (Å²) in [5.74, 6) is 1.36. The van der Waals surface area contributed by atoms with Crippen molar-refractivity contribution in [2.24, 2.45) is 4.99 Å². The summed E-state index contributed by atoms with van der Waals surface area (Å²) >= 11 is 1.56. The first-order chi connectivity index (χ1) is 10.2. The lowest BCUT2D eigenvalue weighted by atomic mass is 10.2. The summed E-state index contributed by atoms with van der Waals surface area (Å²) in [7, 11) is 3.25. The summed E-state index contributed by atoms with van der Waals surface area (Å²) in [5.41, 5.74) is 0.685. The summed E-state index contributed by atoms with van der Waals surface area (Å²) in [6.07, 6.45) is 5.67. The van der Waals surface area contributed by atoms with Crippen LogP contribution in [0.4, 0.5) is 5.69 Å². The molecular formula is C16H22N2O2S. The van der Waals surface area contributed by atoms with Crippen LogP contribution >= 0.6 is 11.8 Å². The molecule has 0 saturated carbocycles. The van der Waals surface area contributed by atoms with E-state index in [1.165, 1.54) is 0 Å². The molecule has 0 N–H and O–H groups in total. The van der Waals surface area contributed by atoms with Crippen LogP contribution in [0.25, 0.3) is 0 Å². The van der Waals surface area contributed by atoms with Crippen LogP contribution in [0.15, 0.2) is 48.5 Å². The number of thioether (sulfide) groups is 1. The number of hydrogen-bond acceptors (Lipinski definition) is 4. The van der Waals surface area contributed by atoms with Gasteiger partial charge in [-0.15, -0.1) is 13.2 Å². The minimum Gasteiger partial charge on any atom is -0.494 e. The highest BCUT2D eigenvalue weighted by Gasteiger charge is 2.13. The van der Waals surface area contributed by atoms with Crippen molar-refractivity contribution in [1.82, 2.24) is 4.90 Å². The molecule has 4 nitrogen and oxygen atoms in total. The second-order valence-corrected chi connectivity index (χ2v) is 4.87.